The predicted molar refractivity (Wildman–Crippen MR) is 126 cm³/mol. The van der Waals surface area contributed by atoms with Gasteiger partial charge in [-0.15, -0.1) is 0 Å². The molecule has 3 rings (SSSR count). The Morgan fingerprint density at radius 3 is 2.23 bits per heavy atom. The third-order valence-corrected chi connectivity index (χ3v) is 6.17. The highest BCUT2D eigenvalue weighted by Gasteiger charge is 2.30. The van der Waals surface area contributed by atoms with Gasteiger partial charge in [0.15, 0.2) is 0 Å². The zero-order valence-corrected chi connectivity index (χ0v) is 19.2. The molecule has 2 aromatic carbocycles. The Hall–Kier alpha value is -2.62. The van der Waals surface area contributed by atoms with Crippen LogP contribution in [0.2, 0.25) is 0 Å². The number of rotatable bonds is 8. The summed E-state index contributed by atoms with van der Waals surface area (Å²) in [7, 11) is 0. The first-order chi connectivity index (χ1) is 15.0. The third kappa shape index (κ3) is 6.68. The van der Waals surface area contributed by atoms with Crippen LogP contribution in [-0.2, 0) is 22.6 Å². The molecular formula is C27H36N2O2. The molecule has 0 heterocycles. The minimum atomic E-state index is -0.458. The summed E-state index contributed by atoms with van der Waals surface area (Å²) >= 11 is 0. The number of aryl methyl sites for hydroxylation is 2. The van der Waals surface area contributed by atoms with E-state index in [1.165, 1.54) is 19.3 Å². The van der Waals surface area contributed by atoms with Crippen LogP contribution in [0.1, 0.15) is 67.7 Å². The maximum atomic E-state index is 13.5. The van der Waals surface area contributed by atoms with Crippen molar-refractivity contribution in [2.24, 2.45) is 0 Å². The number of carbonyl (C=O) groups excluding carboxylic acids is 2. The summed E-state index contributed by atoms with van der Waals surface area (Å²) in [6.07, 6.45) is 6.57. The molecule has 0 spiro atoms. The molecule has 0 unspecified atom stereocenters. The van der Waals surface area contributed by atoms with E-state index in [1.807, 2.05) is 37.3 Å². The highest BCUT2D eigenvalue weighted by atomic mass is 16.2. The van der Waals surface area contributed by atoms with E-state index < -0.39 is 6.04 Å². The molecule has 2 amide bonds. The minimum Gasteiger partial charge on any atom is -0.352 e. The van der Waals surface area contributed by atoms with Gasteiger partial charge in [-0.25, -0.2) is 0 Å². The van der Waals surface area contributed by atoms with Crippen LogP contribution in [-0.4, -0.2) is 28.8 Å². The number of benzene rings is 2. The Morgan fingerprint density at radius 1 is 0.968 bits per heavy atom. The Bertz CT molecular complexity index is 852. The van der Waals surface area contributed by atoms with Crippen molar-refractivity contribution in [2.75, 3.05) is 0 Å². The normalized spacial score (nSPS) is 15.3. The van der Waals surface area contributed by atoms with Crippen molar-refractivity contribution in [3.63, 3.8) is 0 Å². The summed E-state index contributed by atoms with van der Waals surface area (Å²) in [5.41, 5.74) is 4.35. The van der Waals surface area contributed by atoms with Crippen molar-refractivity contribution in [2.45, 2.75) is 84.3 Å². The summed E-state index contributed by atoms with van der Waals surface area (Å²) in [5, 5.41) is 3.24. The molecule has 31 heavy (non-hydrogen) atoms. The van der Waals surface area contributed by atoms with E-state index >= 15 is 0 Å². The summed E-state index contributed by atoms with van der Waals surface area (Å²) in [6, 6.07) is 16.0. The first kappa shape index (κ1) is 23.1. The smallest absolute Gasteiger partial charge is 0.243 e. The van der Waals surface area contributed by atoms with Crippen molar-refractivity contribution >= 4 is 11.8 Å². The lowest BCUT2D eigenvalue weighted by Gasteiger charge is -2.33. The largest absolute Gasteiger partial charge is 0.352 e. The van der Waals surface area contributed by atoms with Crippen molar-refractivity contribution < 1.29 is 9.59 Å². The average Bonchev–Trinajstić information content (AvgIpc) is 2.74. The van der Waals surface area contributed by atoms with Gasteiger partial charge in [-0.05, 0) is 44.2 Å². The zero-order chi connectivity index (χ0) is 22.2. The quantitative estimate of drug-likeness (QED) is 0.646. The van der Waals surface area contributed by atoms with Gasteiger partial charge in [0.05, 0.1) is 6.42 Å². The lowest BCUT2D eigenvalue weighted by molar-refractivity contribution is -0.141. The Labute approximate surface area is 187 Å². The fraction of sp³-hybridized carbons (Fsp3) is 0.481. The summed E-state index contributed by atoms with van der Waals surface area (Å²) in [5.74, 6) is -0.0152. The fourth-order valence-electron chi connectivity index (χ4n) is 4.69. The highest BCUT2D eigenvalue weighted by Crippen LogP contribution is 2.20. The topological polar surface area (TPSA) is 49.4 Å². The van der Waals surface area contributed by atoms with Gasteiger partial charge in [-0.3, -0.25) is 9.59 Å². The van der Waals surface area contributed by atoms with Crippen LogP contribution in [0, 0.1) is 13.8 Å². The molecule has 0 radical (unpaired) electrons. The van der Waals surface area contributed by atoms with Crippen molar-refractivity contribution in [3.05, 3.63) is 70.8 Å². The van der Waals surface area contributed by atoms with Crippen molar-refractivity contribution in [1.82, 2.24) is 10.2 Å². The second-order valence-corrected chi connectivity index (χ2v) is 8.95. The fourth-order valence-corrected chi connectivity index (χ4v) is 4.69. The van der Waals surface area contributed by atoms with E-state index in [0.717, 1.165) is 35.1 Å². The molecule has 166 valence electrons. The monoisotopic (exact) mass is 420 g/mol. The van der Waals surface area contributed by atoms with Crippen molar-refractivity contribution in [3.8, 4) is 0 Å². The summed E-state index contributed by atoms with van der Waals surface area (Å²) in [6.45, 7) is 6.54. The number of hydrogen-bond donors (Lipinski definition) is 1. The summed E-state index contributed by atoms with van der Waals surface area (Å²) in [4.78, 5) is 28.5. The molecule has 0 bridgehead atoms. The molecule has 1 saturated carbocycles. The van der Waals surface area contributed by atoms with Crippen LogP contribution in [0.25, 0.3) is 0 Å². The standard InChI is InChI=1S/C27H36N2O2/c1-4-25(27(31)28-24-13-9-6-10-14-24)29(19-22-11-7-5-8-12-22)26(30)18-23-16-20(2)15-21(3)17-23/h5,7-8,11-12,15-17,24-25H,4,6,9-10,13-14,18-19H2,1-3H3,(H,28,31)/t25-/m1/s1. The van der Waals surface area contributed by atoms with Gasteiger partial charge in [0.2, 0.25) is 11.8 Å². The maximum Gasteiger partial charge on any atom is 0.243 e. The minimum absolute atomic E-state index is 0.000466. The molecular weight excluding hydrogens is 384 g/mol. The Morgan fingerprint density at radius 2 is 1.61 bits per heavy atom. The number of carbonyl (C=O) groups is 2. The van der Waals surface area contributed by atoms with Crippen molar-refractivity contribution in [1.29, 1.82) is 0 Å². The van der Waals surface area contributed by atoms with E-state index in [9.17, 15) is 9.59 Å². The van der Waals surface area contributed by atoms with Gasteiger partial charge < -0.3 is 10.2 Å². The van der Waals surface area contributed by atoms with Crippen LogP contribution >= 0.6 is 0 Å². The maximum absolute atomic E-state index is 13.5. The van der Waals surface area contributed by atoms with E-state index in [2.05, 4.69) is 37.4 Å². The van der Waals surface area contributed by atoms with Gasteiger partial charge >= 0.3 is 0 Å². The molecule has 2 aromatic rings. The van der Waals surface area contributed by atoms with E-state index in [1.54, 1.807) is 4.90 Å². The highest BCUT2D eigenvalue weighted by molar-refractivity contribution is 5.88. The first-order valence-electron chi connectivity index (χ1n) is 11.7. The lowest BCUT2D eigenvalue weighted by atomic mass is 9.95. The molecule has 1 atom stereocenters. The molecule has 4 nitrogen and oxygen atoms in total. The SMILES string of the molecule is CC[C@H](C(=O)NC1CCCCC1)N(Cc1ccccc1)C(=O)Cc1cc(C)cc(C)c1. The van der Waals surface area contributed by atoms with E-state index in [-0.39, 0.29) is 17.9 Å². The number of hydrogen-bond acceptors (Lipinski definition) is 2. The van der Waals surface area contributed by atoms with Crippen LogP contribution in [0.3, 0.4) is 0 Å². The first-order valence-corrected chi connectivity index (χ1v) is 11.7. The second-order valence-electron chi connectivity index (χ2n) is 8.95. The van der Waals surface area contributed by atoms with E-state index in [4.69, 9.17) is 0 Å². The summed E-state index contributed by atoms with van der Waals surface area (Å²) < 4.78 is 0. The number of amides is 2. The molecule has 0 aliphatic heterocycles. The predicted octanol–water partition coefficient (Wildman–Crippen LogP) is 5.10. The molecule has 0 aromatic heterocycles. The lowest BCUT2D eigenvalue weighted by Crippen LogP contribution is -2.51. The second kappa shape index (κ2) is 11.1. The van der Waals surface area contributed by atoms with Crippen LogP contribution in [0.4, 0.5) is 0 Å². The van der Waals surface area contributed by atoms with Gasteiger partial charge in [0.25, 0.3) is 0 Å². The van der Waals surface area contributed by atoms with E-state index in [0.29, 0.717) is 19.4 Å². The Balaban J connectivity index is 1.80. The third-order valence-electron chi connectivity index (χ3n) is 6.17. The Kier molecular flexibility index (Phi) is 8.27. The molecule has 1 fully saturated rings. The molecule has 1 N–H and O–H groups in total. The van der Waals surface area contributed by atoms with Crippen LogP contribution in [0.15, 0.2) is 48.5 Å². The molecule has 1 aliphatic rings. The molecule has 0 saturated heterocycles. The average molecular weight is 421 g/mol. The number of nitrogens with one attached hydrogen (secondary N) is 1. The van der Waals surface area contributed by atoms with Gasteiger partial charge in [0, 0.05) is 12.6 Å². The van der Waals surface area contributed by atoms with Crippen LogP contribution < -0.4 is 5.32 Å². The van der Waals surface area contributed by atoms with Gasteiger partial charge in [-0.1, -0.05) is 85.8 Å². The van der Waals surface area contributed by atoms with Gasteiger partial charge in [-0.2, -0.15) is 0 Å². The van der Waals surface area contributed by atoms with Gasteiger partial charge in [0.1, 0.15) is 6.04 Å². The molecule has 4 heteroatoms. The zero-order valence-electron chi connectivity index (χ0n) is 19.2. The van der Waals surface area contributed by atoms with Crippen LogP contribution in [0.5, 0.6) is 0 Å². The number of nitrogens with zero attached hydrogens (tertiary/aromatic N) is 1. The molecule has 1 aliphatic carbocycles.